The third-order valence-electron chi connectivity index (χ3n) is 5.46. The second-order valence-corrected chi connectivity index (χ2v) is 7.92. The summed E-state index contributed by atoms with van der Waals surface area (Å²) in [4.78, 5) is 24.8. The first-order valence-corrected chi connectivity index (χ1v) is 9.27. The lowest BCUT2D eigenvalue weighted by molar-refractivity contribution is -0.124. The van der Waals surface area contributed by atoms with Crippen LogP contribution in [-0.4, -0.2) is 24.0 Å². The van der Waals surface area contributed by atoms with E-state index in [2.05, 4.69) is 5.32 Å². The van der Waals surface area contributed by atoms with Gasteiger partial charge in [-0.05, 0) is 37.3 Å². The Morgan fingerprint density at radius 3 is 2.54 bits per heavy atom. The zero-order valence-corrected chi connectivity index (χ0v) is 15.5. The molecule has 28 heavy (non-hydrogen) atoms. The van der Waals surface area contributed by atoms with Crippen molar-refractivity contribution in [1.82, 2.24) is 0 Å². The van der Waals surface area contributed by atoms with E-state index in [1.54, 1.807) is 0 Å². The van der Waals surface area contributed by atoms with E-state index in [1.165, 1.54) is 6.92 Å². The molecular formula is C19H16ClF4NO3. The van der Waals surface area contributed by atoms with Gasteiger partial charge in [-0.25, -0.2) is 4.39 Å². The van der Waals surface area contributed by atoms with Crippen LogP contribution in [-0.2, 0) is 9.59 Å². The van der Waals surface area contributed by atoms with Gasteiger partial charge in [0.1, 0.15) is 5.82 Å². The van der Waals surface area contributed by atoms with Crippen LogP contribution >= 0.6 is 11.6 Å². The topological polar surface area (TPSA) is 55.4 Å². The number of amides is 1. The van der Waals surface area contributed by atoms with E-state index in [-0.39, 0.29) is 34.4 Å². The summed E-state index contributed by atoms with van der Waals surface area (Å²) in [6.07, 6.45) is -3.45. The number of carbonyl (C=O) groups is 2. The van der Waals surface area contributed by atoms with Crippen LogP contribution in [0.4, 0.5) is 23.2 Å². The lowest BCUT2D eigenvalue weighted by Crippen LogP contribution is -2.39. The summed E-state index contributed by atoms with van der Waals surface area (Å²) >= 11 is 6.08. The van der Waals surface area contributed by atoms with Crippen molar-refractivity contribution < 1.29 is 31.9 Å². The molecular weight excluding hydrogens is 402 g/mol. The Hall–Kier alpha value is -2.09. The molecule has 1 fully saturated rings. The summed E-state index contributed by atoms with van der Waals surface area (Å²) in [6, 6.07) is 0.970. The highest BCUT2D eigenvalue weighted by molar-refractivity contribution is 6.33. The summed E-state index contributed by atoms with van der Waals surface area (Å²) in [6.45, 7) is 1.33. The maximum atomic E-state index is 14.8. The number of ether oxygens (including phenoxy) is 1. The van der Waals surface area contributed by atoms with Crippen molar-refractivity contribution in [2.45, 2.75) is 44.4 Å². The number of nitrogens with one attached hydrogen (secondary N) is 1. The van der Waals surface area contributed by atoms with Crippen molar-refractivity contribution in [3.05, 3.63) is 34.1 Å². The molecule has 1 saturated carbocycles. The average molecular weight is 418 g/mol. The van der Waals surface area contributed by atoms with Crippen LogP contribution < -0.4 is 10.1 Å². The number of ketones is 1. The molecule has 3 atom stereocenters. The van der Waals surface area contributed by atoms with Gasteiger partial charge in [-0.3, -0.25) is 9.59 Å². The Bertz CT molecular complexity index is 907. The fraction of sp³-hybridized carbons (Fsp3) is 0.474. The van der Waals surface area contributed by atoms with Crippen molar-refractivity contribution in [3.8, 4) is 5.75 Å². The molecule has 0 bridgehead atoms. The van der Waals surface area contributed by atoms with Crippen molar-refractivity contribution in [2.24, 2.45) is 11.8 Å². The molecule has 0 spiro atoms. The first-order valence-electron chi connectivity index (χ1n) is 8.90. The molecule has 1 aromatic carbocycles. The van der Waals surface area contributed by atoms with E-state index < -0.39 is 47.2 Å². The van der Waals surface area contributed by atoms with Gasteiger partial charge in [-0.15, -0.1) is 0 Å². The molecule has 150 valence electrons. The van der Waals surface area contributed by atoms with Gasteiger partial charge in [0.2, 0.25) is 0 Å². The number of halogens is 5. The maximum absolute atomic E-state index is 14.8. The molecule has 3 aliphatic rings. The van der Waals surface area contributed by atoms with E-state index in [0.717, 1.165) is 18.9 Å². The van der Waals surface area contributed by atoms with Gasteiger partial charge >= 0.3 is 6.18 Å². The minimum Gasteiger partial charge on any atom is -0.477 e. The van der Waals surface area contributed by atoms with Gasteiger partial charge in [-0.1, -0.05) is 18.5 Å². The number of hydrogen-bond donors (Lipinski definition) is 1. The number of hydrogen-bond acceptors (Lipinski definition) is 3. The molecule has 4 nitrogen and oxygen atoms in total. The lowest BCUT2D eigenvalue weighted by atomic mass is 9.77. The van der Waals surface area contributed by atoms with E-state index in [4.69, 9.17) is 16.3 Å². The summed E-state index contributed by atoms with van der Waals surface area (Å²) < 4.78 is 59.7. The molecule has 0 aromatic heterocycles. The predicted octanol–water partition coefficient (Wildman–Crippen LogP) is 4.77. The van der Waals surface area contributed by atoms with Crippen molar-refractivity contribution in [1.29, 1.82) is 0 Å². The zero-order chi connectivity index (χ0) is 20.4. The molecule has 1 aromatic rings. The fourth-order valence-electron chi connectivity index (χ4n) is 3.89. The van der Waals surface area contributed by atoms with E-state index in [0.29, 0.717) is 6.08 Å². The molecule has 1 heterocycles. The fourth-order valence-corrected chi connectivity index (χ4v) is 4.13. The van der Waals surface area contributed by atoms with Gasteiger partial charge in [0.25, 0.3) is 5.91 Å². The number of rotatable bonds is 2. The lowest BCUT2D eigenvalue weighted by Gasteiger charge is -2.33. The van der Waals surface area contributed by atoms with E-state index >= 15 is 0 Å². The second-order valence-electron chi connectivity index (χ2n) is 7.51. The van der Waals surface area contributed by atoms with Crippen LogP contribution in [0.1, 0.15) is 37.7 Å². The van der Waals surface area contributed by atoms with Gasteiger partial charge in [0.15, 0.2) is 17.6 Å². The molecule has 1 aliphatic heterocycles. The summed E-state index contributed by atoms with van der Waals surface area (Å²) in [5.41, 5.74) is -1.19. The van der Waals surface area contributed by atoms with Gasteiger partial charge in [-0.2, -0.15) is 13.2 Å². The Morgan fingerprint density at radius 1 is 1.25 bits per heavy atom. The maximum Gasteiger partial charge on any atom is 0.413 e. The normalized spacial score (nSPS) is 27.6. The Labute approximate surface area is 162 Å². The molecule has 3 unspecified atom stereocenters. The van der Waals surface area contributed by atoms with Gasteiger partial charge in [0, 0.05) is 17.1 Å². The SMILES string of the molecule is CC1CC(c2c(F)cc(Cl)c3c2NC(=O)C(C2CC2)O3)C(=O)C=C1C(F)(F)F. The van der Waals surface area contributed by atoms with Crippen LogP contribution in [0.5, 0.6) is 5.75 Å². The highest BCUT2D eigenvalue weighted by Crippen LogP contribution is 2.50. The number of fused-ring (bicyclic) bond motifs is 1. The van der Waals surface area contributed by atoms with E-state index in [9.17, 15) is 27.2 Å². The quantitative estimate of drug-likeness (QED) is 0.705. The van der Waals surface area contributed by atoms with Crippen LogP contribution in [0.25, 0.3) is 0 Å². The zero-order valence-electron chi connectivity index (χ0n) is 14.7. The predicted molar refractivity (Wildman–Crippen MR) is 92.8 cm³/mol. The Morgan fingerprint density at radius 2 is 1.93 bits per heavy atom. The molecule has 4 rings (SSSR count). The number of alkyl halides is 3. The summed E-state index contributed by atoms with van der Waals surface area (Å²) in [5, 5.41) is 2.51. The Balaban J connectivity index is 1.77. The number of allylic oxidation sites excluding steroid dienone is 2. The van der Waals surface area contributed by atoms with Gasteiger partial charge in [0.05, 0.1) is 16.6 Å². The minimum atomic E-state index is -4.63. The highest BCUT2D eigenvalue weighted by Gasteiger charge is 2.46. The minimum absolute atomic E-state index is 0.0475. The number of carbonyl (C=O) groups excluding carboxylic acids is 2. The summed E-state index contributed by atoms with van der Waals surface area (Å²) in [7, 11) is 0. The second kappa shape index (κ2) is 6.47. The molecule has 1 N–H and O–H groups in total. The molecule has 0 radical (unpaired) electrons. The van der Waals surface area contributed by atoms with E-state index in [1.807, 2.05) is 0 Å². The molecule has 1 amide bonds. The number of benzene rings is 1. The average Bonchev–Trinajstić information content (AvgIpc) is 3.41. The first-order chi connectivity index (χ1) is 13.1. The van der Waals surface area contributed by atoms with Crippen LogP contribution in [0, 0.1) is 17.7 Å². The standard InChI is InChI=1S/C19H16ClF4NO3/c1-7-4-9(13(26)5-10(7)19(22,23)24)14-12(21)6-11(20)17-15(14)25-18(27)16(28-17)8-2-3-8/h5-9,16H,2-4H2,1H3,(H,25,27). The van der Waals surface area contributed by atoms with Crippen LogP contribution in [0.15, 0.2) is 17.7 Å². The third-order valence-corrected chi connectivity index (χ3v) is 5.74. The van der Waals surface area contributed by atoms with Crippen molar-refractivity contribution in [2.75, 3.05) is 5.32 Å². The van der Waals surface area contributed by atoms with Crippen LogP contribution in [0.3, 0.4) is 0 Å². The van der Waals surface area contributed by atoms with Crippen molar-refractivity contribution in [3.63, 3.8) is 0 Å². The molecule has 0 saturated heterocycles. The third kappa shape index (κ3) is 3.17. The monoisotopic (exact) mass is 417 g/mol. The number of anilines is 1. The van der Waals surface area contributed by atoms with Gasteiger partial charge < -0.3 is 10.1 Å². The van der Waals surface area contributed by atoms with Crippen molar-refractivity contribution >= 4 is 29.0 Å². The highest BCUT2D eigenvalue weighted by atomic mass is 35.5. The summed E-state index contributed by atoms with van der Waals surface area (Å²) in [5.74, 6) is -4.28. The smallest absolute Gasteiger partial charge is 0.413 e. The molecule has 2 aliphatic carbocycles. The Kier molecular flexibility index (Phi) is 4.45. The molecule has 9 heteroatoms. The van der Waals surface area contributed by atoms with Crippen LogP contribution in [0.2, 0.25) is 5.02 Å². The first kappa shape index (κ1) is 19.2. The largest absolute Gasteiger partial charge is 0.477 e.